The Kier molecular flexibility index (Phi) is 3.91. The molecule has 0 aromatic carbocycles. The van der Waals surface area contributed by atoms with Crippen LogP contribution in [0, 0.1) is 0 Å². The number of hydrogen-bond acceptors (Lipinski definition) is 3. The minimum Gasteiger partial charge on any atom is -0.312 e. The van der Waals surface area contributed by atoms with Gasteiger partial charge in [0.15, 0.2) is 0 Å². The smallest absolute Gasteiger partial charge is 0.0497 e. The van der Waals surface area contributed by atoms with Crippen molar-refractivity contribution in [3.63, 3.8) is 0 Å². The lowest BCUT2D eigenvalue weighted by Crippen LogP contribution is -2.44. The van der Waals surface area contributed by atoms with Crippen molar-refractivity contribution in [3.05, 3.63) is 30.1 Å². The standard InChI is InChI=1S/C13H21N3/c1-16(2)13(11-6-9-14-10-7-11)12-5-3-4-8-15-12/h6-7,9-10,12-13,15H,3-5,8H2,1-2H3. The van der Waals surface area contributed by atoms with Gasteiger partial charge < -0.3 is 10.2 Å². The Morgan fingerprint density at radius 2 is 2.06 bits per heavy atom. The van der Waals surface area contributed by atoms with Crippen LogP contribution in [0.1, 0.15) is 30.9 Å². The van der Waals surface area contributed by atoms with E-state index in [4.69, 9.17) is 0 Å². The van der Waals surface area contributed by atoms with Crippen LogP contribution in [0.2, 0.25) is 0 Å². The predicted octanol–water partition coefficient (Wildman–Crippen LogP) is 1.83. The van der Waals surface area contributed by atoms with Crippen molar-refractivity contribution in [2.45, 2.75) is 31.3 Å². The predicted molar refractivity (Wildman–Crippen MR) is 66.3 cm³/mol. The summed E-state index contributed by atoms with van der Waals surface area (Å²) in [6.45, 7) is 1.15. The first-order valence-electron chi connectivity index (χ1n) is 6.09. The molecule has 0 saturated carbocycles. The van der Waals surface area contributed by atoms with Crippen LogP contribution in [0.3, 0.4) is 0 Å². The molecule has 1 aromatic rings. The molecule has 0 radical (unpaired) electrons. The van der Waals surface area contributed by atoms with Crippen LogP contribution in [0.15, 0.2) is 24.5 Å². The Bertz CT molecular complexity index is 304. The van der Waals surface area contributed by atoms with Crippen molar-refractivity contribution < 1.29 is 0 Å². The normalized spacial score (nSPS) is 23.3. The Balaban J connectivity index is 2.16. The summed E-state index contributed by atoms with van der Waals surface area (Å²) in [7, 11) is 4.31. The second kappa shape index (κ2) is 5.41. The zero-order valence-corrected chi connectivity index (χ0v) is 10.2. The van der Waals surface area contributed by atoms with E-state index in [1.807, 2.05) is 12.4 Å². The first-order chi connectivity index (χ1) is 7.79. The molecule has 1 fully saturated rings. The van der Waals surface area contributed by atoms with E-state index in [2.05, 4.69) is 41.4 Å². The molecule has 0 aliphatic carbocycles. The highest BCUT2D eigenvalue weighted by molar-refractivity contribution is 5.17. The average Bonchev–Trinajstić information content (AvgIpc) is 2.31. The Labute approximate surface area is 97.9 Å². The minimum atomic E-state index is 0.461. The van der Waals surface area contributed by atoms with Crippen molar-refractivity contribution in [2.24, 2.45) is 0 Å². The molecular formula is C13H21N3. The number of likely N-dealkylation sites (N-methyl/N-ethyl adjacent to an activating group) is 1. The lowest BCUT2D eigenvalue weighted by atomic mass is 9.92. The van der Waals surface area contributed by atoms with Gasteiger partial charge in [0.1, 0.15) is 0 Å². The second-order valence-corrected chi connectivity index (χ2v) is 4.75. The molecule has 0 bridgehead atoms. The minimum absolute atomic E-state index is 0.461. The summed E-state index contributed by atoms with van der Waals surface area (Å²) in [6, 6.07) is 5.29. The molecule has 1 aromatic heterocycles. The first kappa shape index (κ1) is 11.6. The van der Waals surface area contributed by atoms with Crippen LogP contribution < -0.4 is 5.32 Å². The molecule has 2 atom stereocenters. The maximum Gasteiger partial charge on any atom is 0.0497 e. The molecule has 3 nitrogen and oxygen atoms in total. The molecular weight excluding hydrogens is 198 g/mol. The molecule has 1 saturated heterocycles. The zero-order chi connectivity index (χ0) is 11.4. The third-order valence-electron chi connectivity index (χ3n) is 3.33. The largest absolute Gasteiger partial charge is 0.312 e. The molecule has 16 heavy (non-hydrogen) atoms. The molecule has 1 aliphatic heterocycles. The van der Waals surface area contributed by atoms with Gasteiger partial charge in [-0.1, -0.05) is 6.42 Å². The summed E-state index contributed by atoms with van der Waals surface area (Å²) < 4.78 is 0. The van der Waals surface area contributed by atoms with E-state index in [1.54, 1.807) is 0 Å². The van der Waals surface area contributed by atoms with Gasteiger partial charge in [0.05, 0.1) is 0 Å². The molecule has 1 aliphatic rings. The van der Waals surface area contributed by atoms with Crippen LogP contribution in [-0.4, -0.2) is 36.6 Å². The van der Waals surface area contributed by atoms with Crippen molar-refractivity contribution in [1.29, 1.82) is 0 Å². The van der Waals surface area contributed by atoms with Gasteiger partial charge in [0.2, 0.25) is 0 Å². The summed E-state index contributed by atoms with van der Waals surface area (Å²) in [5.41, 5.74) is 1.36. The maximum atomic E-state index is 4.09. The molecule has 1 N–H and O–H groups in total. The van der Waals surface area contributed by atoms with E-state index in [-0.39, 0.29) is 0 Å². The van der Waals surface area contributed by atoms with Gasteiger partial charge in [0.25, 0.3) is 0 Å². The summed E-state index contributed by atoms with van der Waals surface area (Å²) >= 11 is 0. The molecule has 3 heteroatoms. The van der Waals surface area contributed by atoms with Crippen LogP contribution in [0.5, 0.6) is 0 Å². The third-order valence-corrected chi connectivity index (χ3v) is 3.33. The van der Waals surface area contributed by atoms with Gasteiger partial charge in [0, 0.05) is 24.5 Å². The lowest BCUT2D eigenvalue weighted by molar-refractivity contribution is 0.205. The summed E-state index contributed by atoms with van der Waals surface area (Å²) in [6.07, 6.45) is 7.69. The number of aromatic nitrogens is 1. The Morgan fingerprint density at radius 3 is 2.62 bits per heavy atom. The molecule has 0 amide bonds. The highest BCUT2D eigenvalue weighted by Gasteiger charge is 2.26. The van der Waals surface area contributed by atoms with Crippen molar-refractivity contribution in [2.75, 3.05) is 20.6 Å². The zero-order valence-electron chi connectivity index (χ0n) is 10.2. The molecule has 2 heterocycles. The van der Waals surface area contributed by atoms with E-state index in [9.17, 15) is 0 Å². The van der Waals surface area contributed by atoms with Crippen LogP contribution in [0.4, 0.5) is 0 Å². The highest BCUT2D eigenvalue weighted by atomic mass is 15.1. The second-order valence-electron chi connectivity index (χ2n) is 4.75. The fourth-order valence-corrected chi connectivity index (χ4v) is 2.60. The van der Waals surface area contributed by atoms with Gasteiger partial charge in [-0.3, -0.25) is 4.98 Å². The lowest BCUT2D eigenvalue weighted by Gasteiger charge is -2.35. The fourth-order valence-electron chi connectivity index (χ4n) is 2.60. The molecule has 88 valence electrons. The van der Waals surface area contributed by atoms with Crippen molar-refractivity contribution in [3.8, 4) is 0 Å². The SMILES string of the molecule is CN(C)C(c1ccncc1)C1CCCCN1. The first-order valence-corrected chi connectivity index (χ1v) is 6.09. The number of piperidine rings is 1. The maximum absolute atomic E-state index is 4.09. The number of nitrogens with one attached hydrogen (secondary N) is 1. The van der Waals surface area contributed by atoms with E-state index in [0.29, 0.717) is 12.1 Å². The average molecular weight is 219 g/mol. The Hall–Kier alpha value is -0.930. The quantitative estimate of drug-likeness (QED) is 0.840. The van der Waals surface area contributed by atoms with Crippen LogP contribution in [-0.2, 0) is 0 Å². The van der Waals surface area contributed by atoms with Gasteiger partial charge in [-0.05, 0) is 51.2 Å². The monoisotopic (exact) mass is 219 g/mol. The molecule has 0 spiro atoms. The van der Waals surface area contributed by atoms with Gasteiger partial charge in [-0.15, -0.1) is 0 Å². The fraction of sp³-hybridized carbons (Fsp3) is 0.615. The number of nitrogens with zero attached hydrogens (tertiary/aromatic N) is 2. The molecule has 2 unspecified atom stereocenters. The number of pyridine rings is 1. The third kappa shape index (κ3) is 2.60. The summed E-state index contributed by atoms with van der Waals surface area (Å²) in [4.78, 5) is 6.40. The number of rotatable bonds is 3. The van der Waals surface area contributed by atoms with Gasteiger partial charge in [-0.2, -0.15) is 0 Å². The van der Waals surface area contributed by atoms with E-state index >= 15 is 0 Å². The topological polar surface area (TPSA) is 28.2 Å². The van der Waals surface area contributed by atoms with Gasteiger partial charge >= 0.3 is 0 Å². The van der Waals surface area contributed by atoms with Crippen LogP contribution >= 0.6 is 0 Å². The van der Waals surface area contributed by atoms with Gasteiger partial charge in [-0.25, -0.2) is 0 Å². The van der Waals surface area contributed by atoms with Crippen molar-refractivity contribution in [1.82, 2.24) is 15.2 Å². The summed E-state index contributed by atoms with van der Waals surface area (Å²) in [5, 5.41) is 3.64. The van der Waals surface area contributed by atoms with Crippen molar-refractivity contribution >= 4 is 0 Å². The summed E-state index contributed by atoms with van der Waals surface area (Å²) in [5.74, 6) is 0. The molecule has 2 rings (SSSR count). The van der Waals surface area contributed by atoms with Crippen LogP contribution in [0.25, 0.3) is 0 Å². The van der Waals surface area contributed by atoms with E-state index in [0.717, 1.165) is 6.54 Å². The Morgan fingerprint density at radius 1 is 1.31 bits per heavy atom. The van der Waals surface area contributed by atoms with E-state index in [1.165, 1.54) is 24.8 Å². The number of hydrogen-bond donors (Lipinski definition) is 1. The van der Waals surface area contributed by atoms with E-state index < -0.39 is 0 Å². The highest BCUT2D eigenvalue weighted by Crippen LogP contribution is 2.26.